The van der Waals surface area contributed by atoms with Crippen LogP contribution in [-0.2, 0) is 26.2 Å². The second-order valence-electron chi connectivity index (χ2n) is 9.94. The van der Waals surface area contributed by atoms with Crippen LogP contribution in [0.15, 0.2) is 48.5 Å². The van der Waals surface area contributed by atoms with E-state index in [4.69, 9.17) is 11.6 Å². The quantitative estimate of drug-likeness (QED) is 0.426. The van der Waals surface area contributed by atoms with Gasteiger partial charge in [-0.05, 0) is 62.9 Å². The molecule has 0 saturated heterocycles. The molecular weight excluding hydrogens is 510 g/mol. The Balaban J connectivity index is 1.70. The molecule has 9 heteroatoms. The summed E-state index contributed by atoms with van der Waals surface area (Å²) in [5.41, 5.74) is 2.55. The molecule has 1 aliphatic rings. The predicted molar refractivity (Wildman–Crippen MR) is 149 cm³/mol. The molecule has 1 fully saturated rings. The smallest absolute Gasteiger partial charge is 0.242 e. The van der Waals surface area contributed by atoms with Crippen LogP contribution >= 0.6 is 11.6 Å². The van der Waals surface area contributed by atoms with E-state index in [9.17, 15) is 18.0 Å². The van der Waals surface area contributed by atoms with Crippen molar-refractivity contribution in [1.82, 2.24) is 10.2 Å². The first-order valence-electron chi connectivity index (χ1n) is 12.9. The second kappa shape index (κ2) is 13.3. The van der Waals surface area contributed by atoms with Gasteiger partial charge in [0.2, 0.25) is 21.8 Å². The first-order valence-corrected chi connectivity index (χ1v) is 15.2. The van der Waals surface area contributed by atoms with Gasteiger partial charge in [-0.1, -0.05) is 60.7 Å². The van der Waals surface area contributed by atoms with Gasteiger partial charge in [-0.15, -0.1) is 0 Å². The van der Waals surface area contributed by atoms with Crippen molar-refractivity contribution in [3.05, 3.63) is 64.7 Å². The zero-order chi connectivity index (χ0) is 27.0. The van der Waals surface area contributed by atoms with Crippen LogP contribution in [0.25, 0.3) is 0 Å². The Morgan fingerprint density at radius 3 is 2.24 bits per heavy atom. The summed E-state index contributed by atoms with van der Waals surface area (Å²) in [6, 6.07) is 14.0. The summed E-state index contributed by atoms with van der Waals surface area (Å²) in [5.74, 6) is -0.331. The van der Waals surface area contributed by atoms with Crippen LogP contribution in [0, 0.1) is 6.92 Å². The molecule has 1 saturated carbocycles. The molecule has 2 amide bonds. The number of carbonyl (C=O) groups excluding carboxylic acids is 2. The Morgan fingerprint density at radius 1 is 1.03 bits per heavy atom. The minimum atomic E-state index is -3.55. The molecule has 202 valence electrons. The summed E-state index contributed by atoms with van der Waals surface area (Å²) in [5, 5.41) is 3.65. The standard InChI is InChI=1S/C28H38ClN3O4S/c1-21-11-13-23(14-12-21)20-31(22(2)28(34)30-25-8-5-4-6-9-25)27(33)10-7-19-32(37(3,35)36)26-17-15-24(29)16-18-26/h11-18,22,25H,4-10,19-20H2,1-3H3,(H,30,34)/t22-/m0/s1. The fraction of sp³-hybridized carbons (Fsp3) is 0.500. The van der Waals surface area contributed by atoms with Gasteiger partial charge < -0.3 is 10.2 Å². The molecule has 0 spiro atoms. The number of nitrogens with zero attached hydrogens (tertiary/aromatic N) is 2. The van der Waals surface area contributed by atoms with E-state index in [-0.39, 0.29) is 30.8 Å². The Hall–Kier alpha value is -2.58. The molecule has 1 aliphatic carbocycles. The van der Waals surface area contributed by atoms with Gasteiger partial charge in [0.25, 0.3) is 0 Å². The highest BCUT2D eigenvalue weighted by atomic mass is 35.5. The lowest BCUT2D eigenvalue weighted by molar-refractivity contribution is -0.141. The van der Waals surface area contributed by atoms with Crippen LogP contribution in [-0.4, -0.2) is 50.0 Å². The Kier molecular flexibility index (Phi) is 10.4. The first kappa shape index (κ1) is 29.0. The molecule has 0 unspecified atom stereocenters. The molecule has 0 aromatic heterocycles. The maximum absolute atomic E-state index is 13.4. The number of sulfonamides is 1. The third kappa shape index (κ3) is 8.75. The molecule has 0 aliphatic heterocycles. The van der Waals surface area contributed by atoms with Crippen molar-refractivity contribution in [2.45, 2.75) is 77.4 Å². The monoisotopic (exact) mass is 547 g/mol. The van der Waals surface area contributed by atoms with Gasteiger partial charge >= 0.3 is 0 Å². The number of rotatable bonds is 11. The third-order valence-corrected chi connectivity index (χ3v) is 8.31. The van der Waals surface area contributed by atoms with Crippen LogP contribution in [0.5, 0.6) is 0 Å². The number of benzene rings is 2. The molecule has 2 aromatic carbocycles. The molecular formula is C28H38ClN3O4S. The van der Waals surface area contributed by atoms with Gasteiger partial charge in [0.15, 0.2) is 0 Å². The number of nitrogens with one attached hydrogen (secondary N) is 1. The summed E-state index contributed by atoms with van der Waals surface area (Å²) in [6.07, 6.45) is 6.92. The number of aryl methyl sites for hydroxylation is 1. The van der Waals surface area contributed by atoms with Crippen LogP contribution < -0.4 is 9.62 Å². The van der Waals surface area contributed by atoms with E-state index in [0.717, 1.165) is 43.1 Å². The first-order chi connectivity index (χ1) is 17.5. The molecule has 3 rings (SSSR count). The van der Waals surface area contributed by atoms with Crippen molar-refractivity contribution in [2.75, 3.05) is 17.1 Å². The van der Waals surface area contributed by atoms with E-state index in [0.29, 0.717) is 23.7 Å². The molecule has 0 heterocycles. The topological polar surface area (TPSA) is 86.8 Å². The van der Waals surface area contributed by atoms with Crippen molar-refractivity contribution < 1.29 is 18.0 Å². The highest BCUT2D eigenvalue weighted by Crippen LogP contribution is 2.22. The minimum absolute atomic E-state index is 0.118. The van der Waals surface area contributed by atoms with Gasteiger partial charge in [-0.3, -0.25) is 13.9 Å². The fourth-order valence-corrected chi connectivity index (χ4v) is 5.74. The number of halogens is 1. The zero-order valence-electron chi connectivity index (χ0n) is 22.0. The number of hydrogen-bond acceptors (Lipinski definition) is 4. The van der Waals surface area contributed by atoms with Crippen molar-refractivity contribution in [3.63, 3.8) is 0 Å². The number of hydrogen-bond donors (Lipinski definition) is 1. The summed E-state index contributed by atoms with van der Waals surface area (Å²) in [4.78, 5) is 28.2. The van der Waals surface area contributed by atoms with E-state index >= 15 is 0 Å². The molecule has 37 heavy (non-hydrogen) atoms. The zero-order valence-corrected chi connectivity index (χ0v) is 23.5. The number of anilines is 1. The third-order valence-electron chi connectivity index (χ3n) is 6.86. The normalized spacial score (nSPS) is 15.1. The lowest BCUT2D eigenvalue weighted by Crippen LogP contribution is -2.50. The molecule has 1 atom stereocenters. The molecule has 7 nitrogen and oxygen atoms in total. The van der Waals surface area contributed by atoms with E-state index < -0.39 is 16.1 Å². The molecule has 0 radical (unpaired) electrons. The fourth-order valence-electron chi connectivity index (χ4n) is 4.65. The Morgan fingerprint density at radius 2 is 1.65 bits per heavy atom. The molecule has 1 N–H and O–H groups in total. The van der Waals surface area contributed by atoms with E-state index in [1.807, 2.05) is 31.2 Å². The number of amides is 2. The molecule has 2 aromatic rings. The maximum Gasteiger partial charge on any atom is 0.242 e. The van der Waals surface area contributed by atoms with Crippen LogP contribution in [0.4, 0.5) is 5.69 Å². The van der Waals surface area contributed by atoms with Gasteiger partial charge in [-0.25, -0.2) is 8.42 Å². The van der Waals surface area contributed by atoms with E-state index in [1.54, 1.807) is 36.1 Å². The lowest BCUT2D eigenvalue weighted by Gasteiger charge is -2.31. The van der Waals surface area contributed by atoms with Crippen LogP contribution in [0.2, 0.25) is 5.02 Å². The van der Waals surface area contributed by atoms with Crippen LogP contribution in [0.1, 0.15) is 63.0 Å². The van der Waals surface area contributed by atoms with Crippen molar-refractivity contribution in [2.24, 2.45) is 0 Å². The second-order valence-corrected chi connectivity index (χ2v) is 12.3. The number of carbonyl (C=O) groups is 2. The maximum atomic E-state index is 13.4. The Bertz CT molecular complexity index is 1150. The summed E-state index contributed by atoms with van der Waals surface area (Å²) >= 11 is 5.95. The Labute approximate surface area is 226 Å². The van der Waals surface area contributed by atoms with Crippen molar-refractivity contribution >= 4 is 39.1 Å². The van der Waals surface area contributed by atoms with Crippen molar-refractivity contribution in [3.8, 4) is 0 Å². The van der Waals surface area contributed by atoms with Crippen molar-refractivity contribution in [1.29, 1.82) is 0 Å². The largest absolute Gasteiger partial charge is 0.352 e. The lowest BCUT2D eigenvalue weighted by atomic mass is 9.95. The highest BCUT2D eigenvalue weighted by Gasteiger charge is 2.28. The van der Waals surface area contributed by atoms with Gasteiger partial charge in [0, 0.05) is 30.6 Å². The SMILES string of the molecule is Cc1ccc(CN(C(=O)CCCN(c2ccc(Cl)cc2)S(C)(=O)=O)[C@@H](C)C(=O)NC2CCCCC2)cc1. The minimum Gasteiger partial charge on any atom is -0.352 e. The van der Waals surface area contributed by atoms with E-state index in [1.165, 1.54) is 10.7 Å². The van der Waals surface area contributed by atoms with E-state index in [2.05, 4.69) is 5.32 Å². The van der Waals surface area contributed by atoms with Gasteiger partial charge in [-0.2, -0.15) is 0 Å². The summed E-state index contributed by atoms with van der Waals surface area (Å²) in [7, 11) is -3.55. The summed E-state index contributed by atoms with van der Waals surface area (Å²) in [6.45, 7) is 4.22. The average molecular weight is 548 g/mol. The predicted octanol–water partition coefficient (Wildman–Crippen LogP) is 5.06. The summed E-state index contributed by atoms with van der Waals surface area (Å²) < 4.78 is 26.1. The van der Waals surface area contributed by atoms with Gasteiger partial charge in [0.1, 0.15) is 6.04 Å². The highest BCUT2D eigenvalue weighted by molar-refractivity contribution is 7.92. The molecule has 0 bridgehead atoms. The van der Waals surface area contributed by atoms with Gasteiger partial charge in [0.05, 0.1) is 11.9 Å². The average Bonchev–Trinajstić information content (AvgIpc) is 2.86. The van der Waals surface area contributed by atoms with Crippen LogP contribution in [0.3, 0.4) is 0 Å².